The number of rotatable bonds is 6. The fourth-order valence-corrected chi connectivity index (χ4v) is 5.06. The van der Waals surface area contributed by atoms with Crippen LogP contribution in [-0.2, 0) is 14.3 Å². The van der Waals surface area contributed by atoms with Crippen molar-refractivity contribution in [2.75, 3.05) is 24.4 Å². The zero-order chi connectivity index (χ0) is 21.1. The highest BCUT2D eigenvalue weighted by Gasteiger charge is 2.30. The molecule has 29 heavy (non-hydrogen) atoms. The SMILES string of the molecule is CCOC(=O)c1c(NC(=O)CC2Sc3ccc(OC)cc3NC2=O)sc(C)c1C. The Morgan fingerprint density at radius 2 is 2.03 bits per heavy atom. The molecular weight excluding hydrogens is 412 g/mol. The van der Waals surface area contributed by atoms with Gasteiger partial charge in [0.15, 0.2) is 0 Å². The first-order valence-corrected chi connectivity index (χ1v) is 10.8. The molecule has 0 saturated heterocycles. The van der Waals surface area contributed by atoms with E-state index in [1.54, 1.807) is 20.1 Å². The van der Waals surface area contributed by atoms with Gasteiger partial charge in [-0.25, -0.2) is 4.79 Å². The van der Waals surface area contributed by atoms with Crippen LogP contribution in [0.2, 0.25) is 0 Å². The lowest BCUT2D eigenvalue weighted by Gasteiger charge is -2.24. The molecule has 1 aromatic heterocycles. The van der Waals surface area contributed by atoms with Gasteiger partial charge < -0.3 is 20.1 Å². The molecular formula is C20H22N2O5S2. The maximum absolute atomic E-state index is 12.6. The van der Waals surface area contributed by atoms with Gasteiger partial charge in [-0.3, -0.25) is 9.59 Å². The molecule has 0 radical (unpaired) electrons. The van der Waals surface area contributed by atoms with Gasteiger partial charge in [-0.05, 0) is 38.5 Å². The third-order valence-corrected chi connectivity index (χ3v) is 6.89. The second kappa shape index (κ2) is 8.87. The number of carbonyl (C=O) groups is 3. The monoisotopic (exact) mass is 434 g/mol. The summed E-state index contributed by atoms with van der Waals surface area (Å²) in [6.45, 7) is 5.69. The summed E-state index contributed by atoms with van der Waals surface area (Å²) >= 11 is 2.66. The molecule has 0 spiro atoms. The second-order valence-corrected chi connectivity index (χ2v) is 8.89. The topological polar surface area (TPSA) is 93.7 Å². The van der Waals surface area contributed by atoms with Crippen LogP contribution in [0.25, 0.3) is 0 Å². The minimum Gasteiger partial charge on any atom is -0.497 e. The maximum Gasteiger partial charge on any atom is 0.341 e. The lowest BCUT2D eigenvalue weighted by molar-refractivity contribution is -0.120. The summed E-state index contributed by atoms with van der Waals surface area (Å²) in [5, 5.41) is 5.50. The molecule has 2 N–H and O–H groups in total. The zero-order valence-corrected chi connectivity index (χ0v) is 18.2. The molecule has 2 aromatic rings. The molecule has 0 saturated carbocycles. The number of hydrogen-bond donors (Lipinski definition) is 2. The highest BCUT2D eigenvalue weighted by atomic mass is 32.2. The van der Waals surface area contributed by atoms with E-state index in [0.717, 1.165) is 15.3 Å². The molecule has 3 rings (SSSR count). The van der Waals surface area contributed by atoms with E-state index in [-0.39, 0.29) is 24.8 Å². The van der Waals surface area contributed by atoms with E-state index < -0.39 is 11.2 Å². The number of carbonyl (C=O) groups excluding carboxylic acids is 3. The van der Waals surface area contributed by atoms with Gasteiger partial charge in [-0.15, -0.1) is 23.1 Å². The first kappa shape index (κ1) is 21.2. The number of nitrogens with one attached hydrogen (secondary N) is 2. The molecule has 9 heteroatoms. The largest absolute Gasteiger partial charge is 0.497 e. The van der Waals surface area contributed by atoms with Crippen molar-refractivity contribution in [3.8, 4) is 5.75 Å². The standard InChI is InChI=1S/C20H22N2O5S2/c1-5-27-20(25)17-10(2)11(3)28-19(17)22-16(23)9-15-18(24)21-13-8-12(26-4)6-7-14(13)29-15/h6-8,15H,5,9H2,1-4H3,(H,21,24)(H,22,23). The van der Waals surface area contributed by atoms with Crippen LogP contribution in [0.1, 0.15) is 34.1 Å². The summed E-state index contributed by atoms with van der Waals surface area (Å²) in [7, 11) is 1.56. The Labute approximate surface area is 177 Å². The maximum atomic E-state index is 12.6. The van der Waals surface area contributed by atoms with Gasteiger partial charge in [-0.1, -0.05) is 0 Å². The van der Waals surface area contributed by atoms with E-state index >= 15 is 0 Å². The average Bonchev–Trinajstić information content (AvgIpc) is 2.95. The van der Waals surface area contributed by atoms with Gasteiger partial charge in [0.2, 0.25) is 11.8 Å². The fourth-order valence-electron chi connectivity index (χ4n) is 2.90. The van der Waals surface area contributed by atoms with E-state index in [1.165, 1.54) is 23.1 Å². The lowest BCUT2D eigenvalue weighted by atomic mass is 10.1. The summed E-state index contributed by atoms with van der Waals surface area (Å²) < 4.78 is 10.3. The van der Waals surface area contributed by atoms with Crippen LogP contribution in [0.3, 0.4) is 0 Å². The van der Waals surface area contributed by atoms with Gasteiger partial charge in [0.25, 0.3) is 0 Å². The Bertz CT molecular complexity index is 970. The number of ether oxygens (including phenoxy) is 2. The molecule has 0 aliphatic carbocycles. The van der Waals surface area contributed by atoms with Gasteiger partial charge in [0.05, 0.1) is 30.2 Å². The Hall–Kier alpha value is -2.52. The number of hydrogen-bond acceptors (Lipinski definition) is 7. The third-order valence-electron chi connectivity index (χ3n) is 4.49. The number of anilines is 2. The number of esters is 1. The minimum absolute atomic E-state index is 0.0137. The van der Waals surface area contributed by atoms with E-state index in [0.29, 0.717) is 22.0 Å². The van der Waals surface area contributed by atoms with Gasteiger partial charge >= 0.3 is 5.97 Å². The molecule has 1 unspecified atom stereocenters. The van der Waals surface area contributed by atoms with Crippen molar-refractivity contribution in [2.45, 2.75) is 37.3 Å². The van der Waals surface area contributed by atoms with Gasteiger partial charge in [-0.2, -0.15) is 0 Å². The molecule has 0 fully saturated rings. The lowest BCUT2D eigenvalue weighted by Crippen LogP contribution is -2.32. The quantitative estimate of drug-likeness (QED) is 0.668. The number of aryl methyl sites for hydroxylation is 1. The first-order chi connectivity index (χ1) is 13.8. The van der Waals surface area contributed by atoms with E-state index in [1.807, 2.05) is 26.0 Å². The summed E-state index contributed by atoms with van der Waals surface area (Å²) in [4.78, 5) is 39.1. The van der Waals surface area contributed by atoms with Crippen LogP contribution < -0.4 is 15.4 Å². The first-order valence-electron chi connectivity index (χ1n) is 9.06. The van der Waals surface area contributed by atoms with Crippen LogP contribution in [0, 0.1) is 13.8 Å². The number of amides is 2. The molecule has 2 amide bonds. The van der Waals surface area contributed by atoms with Crippen LogP contribution in [0.15, 0.2) is 23.1 Å². The normalized spacial score (nSPS) is 15.3. The molecule has 1 atom stereocenters. The summed E-state index contributed by atoms with van der Waals surface area (Å²) in [5.41, 5.74) is 1.84. The number of methoxy groups -OCH3 is 1. The van der Waals surface area contributed by atoms with Crippen molar-refractivity contribution in [2.24, 2.45) is 0 Å². The molecule has 1 aliphatic rings. The van der Waals surface area contributed by atoms with Crippen molar-refractivity contribution in [1.82, 2.24) is 0 Å². The number of thiophene rings is 1. The van der Waals surface area contributed by atoms with E-state index in [2.05, 4.69) is 10.6 Å². The highest BCUT2D eigenvalue weighted by molar-refractivity contribution is 8.01. The van der Waals surface area contributed by atoms with Gasteiger partial charge in [0.1, 0.15) is 10.8 Å². The Kier molecular flexibility index (Phi) is 6.49. The Morgan fingerprint density at radius 3 is 2.72 bits per heavy atom. The van der Waals surface area contributed by atoms with E-state index in [4.69, 9.17) is 9.47 Å². The molecule has 1 aliphatic heterocycles. The second-order valence-electron chi connectivity index (χ2n) is 6.42. The Morgan fingerprint density at radius 1 is 1.28 bits per heavy atom. The minimum atomic E-state index is -0.566. The molecule has 154 valence electrons. The predicted octanol–water partition coefficient (Wildman–Crippen LogP) is 3.99. The Balaban J connectivity index is 1.72. The van der Waals surface area contributed by atoms with Crippen molar-refractivity contribution in [3.63, 3.8) is 0 Å². The molecule has 1 aromatic carbocycles. The van der Waals surface area contributed by atoms with Crippen molar-refractivity contribution in [1.29, 1.82) is 0 Å². The number of fused-ring (bicyclic) bond motifs is 1. The van der Waals surface area contributed by atoms with Crippen molar-refractivity contribution < 1.29 is 23.9 Å². The third kappa shape index (κ3) is 4.56. The van der Waals surface area contributed by atoms with E-state index in [9.17, 15) is 14.4 Å². The highest BCUT2D eigenvalue weighted by Crippen LogP contribution is 2.39. The zero-order valence-electron chi connectivity index (χ0n) is 16.6. The van der Waals surface area contributed by atoms with Crippen LogP contribution in [-0.4, -0.2) is 36.8 Å². The van der Waals surface area contributed by atoms with Crippen LogP contribution in [0.4, 0.5) is 10.7 Å². The number of thioether (sulfide) groups is 1. The summed E-state index contributed by atoms with van der Waals surface area (Å²) in [5.74, 6) is -0.385. The smallest absolute Gasteiger partial charge is 0.341 e. The average molecular weight is 435 g/mol. The van der Waals surface area contributed by atoms with Crippen LogP contribution >= 0.6 is 23.1 Å². The summed E-state index contributed by atoms with van der Waals surface area (Å²) in [6.07, 6.45) is -0.0137. The summed E-state index contributed by atoms with van der Waals surface area (Å²) in [6, 6.07) is 5.41. The van der Waals surface area contributed by atoms with Crippen LogP contribution in [0.5, 0.6) is 5.75 Å². The molecule has 0 bridgehead atoms. The number of benzene rings is 1. The molecule has 2 heterocycles. The van der Waals surface area contributed by atoms with Crippen molar-refractivity contribution in [3.05, 3.63) is 34.2 Å². The van der Waals surface area contributed by atoms with Gasteiger partial charge in [0, 0.05) is 22.3 Å². The fraction of sp³-hybridized carbons (Fsp3) is 0.350. The predicted molar refractivity (Wildman–Crippen MR) is 114 cm³/mol. The van der Waals surface area contributed by atoms with Crippen molar-refractivity contribution >= 4 is 51.6 Å². The molecule has 7 nitrogen and oxygen atoms in total.